The maximum absolute atomic E-state index is 11.9. The second-order valence-electron chi connectivity index (χ2n) is 3.80. The third-order valence-electron chi connectivity index (χ3n) is 2.40. The van der Waals surface area contributed by atoms with Gasteiger partial charge in [0, 0.05) is 0 Å². The highest BCUT2D eigenvalue weighted by Gasteiger charge is 2.08. The number of ether oxygens (including phenoxy) is 1. The molecule has 19 heavy (non-hydrogen) atoms. The number of nitrogens with zero attached hydrogens (tertiary/aromatic N) is 1. The summed E-state index contributed by atoms with van der Waals surface area (Å²) in [5.74, 6) is 0.397. The third-order valence-corrected chi connectivity index (χ3v) is 3.13. The van der Waals surface area contributed by atoms with Gasteiger partial charge in [-0.2, -0.15) is 16.6 Å². The predicted molar refractivity (Wildman–Crippen MR) is 74.2 cm³/mol. The van der Waals surface area contributed by atoms with Crippen LogP contribution in [0.1, 0.15) is 5.56 Å². The summed E-state index contributed by atoms with van der Waals surface area (Å²) >= 11 is 1.56. The highest BCUT2D eigenvalue weighted by molar-refractivity contribution is 7.08. The molecule has 0 atom stereocenters. The van der Waals surface area contributed by atoms with E-state index in [4.69, 9.17) is 10.00 Å². The van der Waals surface area contributed by atoms with Gasteiger partial charge in [-0.25, -0.2) is 0 Å². The highest BCUT2D eigenvalue weighted by atomic mass is 32.1. The van der Waals surface area contributed by atoms with Gasteiger partial charge < -0.3 is 10.1 Å². The van der Waals surface area contributed by atoms with E-state index in [0.29, 0.717) is 17.9 Å². The van der Waals surface area contributed by atoms with E-state index in [-0.39, 0.29) is 12.5 Å². The van der Waals surface area contributed by atoms with Gasteiger partial charge in [0.25, 0.3) is 0 Å². The lowest BCUT2D eigenvalue weighted by Crippen LogP contribution is -2.14. The maximum Gasteiger partial charge on any atom is 0.228 e. The molecule has 4 nitrogen and oxygen atoms in total. The van der Waals surface area contributed by atoms with Gasteiger partial charge in [-0.3, -0.25) is 4.79 Å². The number of carbonyl (C=O) groups excluding carboxylic acids is 1. The summed E-state index contributed by atoms with van der Waals surface area (Å²) in [6.07, 6.45) is 0.329. The van der Waals surface area contributed by atoms with Gasteiger partial charge in [-0.15, -0.1) is 0 Å². The van der Waals surface area contributed by atoms with Gasteiger partial charge in [-0.05, 0) is 34.5 Å². The Morgan fingerprint density at radius 1 is 1.37 bits per heavy atom. The van der Waals surface area contributed by atoms with Crippen LogP contribution in [0.4, 0.5) is 5.69 Å². The van der Waals surface area contributed by atoms with Gasteiger partial charge in [0.15, 0.2) is 6.61 Å². The molecule has 0 saturated carbocycles. The molecule has 0 aliphatic carbocycles. The van der Waals surface area contributed by atoms with Crippen LogP contribution >= 0.6 is 11.3 Å². The normalized spacial score (nSPS) is 9.63. The van der Waals surface area contributed by atoms with Crippen LogP contribution in [0.2, 0.25) is 0 Å². The second kappa shape index (κ2) is 6.57. The summed E-state index contributed by atoms with van der Waals surface area (Å²) in [5, 5.41) is 15.2. The SMILES string of the molecule is N#CCOc1ccccc1NC(=O)Cc1ccsc1. The average molecular weight is 272 g/mol. The lowest BCUT2D eigenvalue weighted by atomic mass is 10.2. The lowest BCUT2D eigenvalue weighted by Gasteiger charge is -2.10. The number of anilines is 1. The Morgan fingerprint density at radius 3 is 2.95 bits per heavy atom. The summed E-state index contributed by atoms with van der Waals surface area (Å²) in [7, 11) is 0. The number of amides is 1. The number of hydrogen-bond donors (Lipinski definition) is 1. The van der Waals surface area contributed by atoms with Crippen molar-refractivity contribution in [2.24, 2.45) is 0 Å². The molecule has 0 bridgehead atoms. The fourth-order valence-electron chi connectivity index (χ4n) is 1.58. The summed E-state index contributed by atoms with van der Waals surface area (Å²) < 4.78 is 5.25. The van der Waals surface area contributed by atoms with Gasteiger partial charge in [-0.1, -0.05) is 12.1 Å². The molecular formula is C14H12N2O2S. The van der Waals surface area contributed by atoms with Crippen molar-refractivity contribution in [3.63, 3.8) is 0 Å². The molecule has 2 aromatic rings. The predicted octanol–water partition coefficient (Wildman–Crippen LogP) is 2.83. The fourth-order valence-corrected chi connectivity index (χ4v) is 2.25. The van der Waals surface area contributed by atoms with Crippen molar-refractivity contribution in [3.05, 3.63) is 46.7 Å². The maximum atomic E-state index is 11.9. The van der Waals surface area contributed by atoms with E-state index in [1.54, 1.807) is 35.6 Å². The molecule has 1 aromatic carbocycles. The lowest BCUT2D eigenvalue weighted by molar-refractivity contribution is -0.115. The first-order chi connectivity index (χ1) is 9.29. The first kappa shape index (κ1) is 13.1. The minimum absolute atomic E-state index is 0.0442. The minimum atomic E-state index is -0.105. The molecule has 1 heterocycles. The molecule has 1 aromatic heterocycles. The summed E-state index contributed by atoms with van der Waals surface area (Å²) in [5.41, 5.74) is 1.57. The van der Waals surface area contributed by atoms with Crippen molar-refractivity contribution in [1.82, 2.24) is 0 Å². The van der Waals surface area contributed by atoms with Crippen molar-refractivity contribution < 1.29 is 9.53 Å². The standard InChI is InChI=1S/C14H12N2O2S/c15-6-7-18-13-4-2-1-3-12(13)16-14(17)9-11-5-8-19-10-11/h1-5,8,10H,7,9H2,(H,16,17). The molecular weight excluding hydrogens is 260 g/mol. The van der Waals surface area contributed by atoms with Gasteiger partial charge in [0.05, 0.1) is 12.1 Å². The molecule has 0 spiro atoms. The largest absolute Gasteiger partial charge is 0.477 e. The summed E-state index contributed by atoms with van der Waals surface area (Å²) in [6, 6.07) is 10.9. The Kier molecular flexibility index (Phi) is 4.54. The Morgan fingerprint density at radius 2 is 2.21 bits per heavy atom. The van der Waals surface area contributed by atoms with Crippen molar-refractivity contribution >= 4 is 22.9 Å². The molecule has 0 saturated heterocycles. The molecule has 1 amide bonds. The first-order valence-electron chi connectivity index (χ1n) is 5.69. The minimum Gasteiger partial charge on any atom is -0.477 e. The van der Waals surface area contributed by atoms with E-state index < -0.39 is 0 Å². The zero-order valence-electron chi connectivity index (χ0n) is 10.1. The average Bonchev–Trinajstić information content (AvgIpc) is 2.90. The Labute approximate surface area is 115 Å². The number of para-hydroxylation sites is 2. The molecule has 2 rings (SSSR count). The van der Waals surface area contributed by atoms with E-state index >= 15 is 0 Å². The van der Waals surface area contributed by atoms with Crippen LogP contribution < -0.4 is 10.1 Å². The smallest absolute Gasteiger partial charge is 0.228 e. The molecule has 96 valence electrons. The van der Waals surface area contributed by atoms with E-state index in [0.717, 1.165) is 5.56 Å². The molecule has 5 heteroatoms. The van der Waals surface area contributed by atoms with E-state index in [1.165, 1.54) is 0 Å². The van der Waals surface area contributed by atoms with Gasteiger partial charge in [0.2, 0.25) is 5.91 Å². The van der Waals surface area contributed by atoms with Gasteiger partial charge >= 0.3 is 0 Å². The quantitative estimate of drug-likeness (QED) is 0.910. The van der Waals surface area contributed by atoms with E-state index in [2.05, 4.69) is 5.32 Å². The molecule has 0 radical (unpaired) electrons. The monoisotopic (exact) mass is 272 g/mol. The van der Waals surface area contributed by atoms with Crippen LogP contribution in [0.3, 0.4) is 0 Å². The molecule has 1 N–H and O–H groups in total. The fraction of sp³-hybridized carbons (Fsp3) is 0.143. The van der Waals surface area contributed by atoms with Crippen LogP contribution in [0.15, 0.2) is 41.1 Å². The Balaban J connectivity index is 2.02. The molecule has 0 fully saturated rings. The van der Waals surface area contributed by atoms with Crippen molar-refractivity contribution in [3.8, 4) is 11.8 Å². The van der Waals surface area contributed by atoms with Crippen molar-refractivity contribution in [2.45, 2.75) is 6.42 Å². The first-order valence-corrected chi connectivity index (χ1v) is 6.63. The number of hydrogen-bond acceptors (Lipinski definition) is 4. The molecule has 0 unspecified atom stereocenters. The Bertz CT molecular complexity index is 588. The number of nitrogens with one attached hydrogen (secondary N) is 1. The van der Waals surface area contributed by atoms with Crippen molar-refractivity contribution in [2.75, 3.05) is 11.9 Å². The number of nitriles is 1. The van der Waals surface area contributed by atoms with Crippen LogP contribution in [-0.4, -0.2) is 12.5 Å². The summed E-state index contributed by atoms with van der Waals surface area (Å²) in [6.45, 7) is -0.0442. The van der Waals surface area contributed by atoms with Crippen LogP contribution in [0.25, 0.3) is 0 Å². The van der Waals surface area contributed by atoms with E-state index in [1.807, 2.05) is 22.9 Å². The number of rotatable bonds is 5. The highest BCUT2D eigenvalue weighted by Crippen LogP contribution is 2.23. The van der Waals surface area contributed by atoms with Crippen LogP contribution in [-0.2, 0) is 11.2 Å². The van der Waals surface area contributed by atoms with Crippen LogP contribution in [0.5, 0.6) is 5.75 Å². The second-order valence-corrected chi connectivity index (χ2v) is 4.58. The van der Waals surface area contributed by atoms with E-state index in [9.17, 15) is 4.79 Å². The Hall–Kier alpha value is -2.32. The molecule has 0 aliphatic rings. The van der Waals surface area contributed by atoms with Crippen molar-refractivity contribution in [1.29, 1.82) is 5.26 Å². The number of benzene rings is 1. The molecule has 0 aliphatic heterocycles. The topological polar surface area (TPSA) is 62.1 Å². The van der Waals surface area contributed by atoms with Crippen LogP contribution in [0, 0.1) is 11.3 Å². The van der Waals surface area contributed by atoms with Gasteiger partial charge in [0.1, 0.15) is 11.8 Å². The number of carbonyl (C=O) groups is 1. The number of thiophene rings is 1. The zero-order valence-corrected chi connectivity index (χ0v) is 10.9. The third kappa shape index (κ3) is 3.83. The summed E-state index contributed by atoms with van der Waals surface area (Å²) in [4.78, 5) is 11.9. The zero-order chi connectivity index (χ0) is 13.5.